The van der Waals surface area contributed by atoms with Gasteiger partial charge in [0, 0.05) is 31.8 Å². The van der Waals surface area contributed by atoms with E-state index in [0.29, 0.717) is 24.0 Å². The molecule has 2 unspecified atom stereocenters. The molecule has 0 bridgehead atoms. The van der Waals surface area contributed by atoms with Crippen LogP contribution in [0, 0.1) is 22.7 Å². The first-order valence-corrected chi connectivity index (χ1v) is 30.3. The van der Waals surface area contributed by atoms with Gasteiger partial charge in [0.15, 0.2) is 0 Å². The number of hydrogen-bond acceptors (Lipinski definition) is 4. The molecule has 0 aromatic heterocycles. The molecule has 2 N–H and O–H groups in total. The molecule has 2 saturated carbocycles. The van der Waals surface area contributed by atoms with Crippen LogP contribution in [-0.2, 0) is 22.7 Å². The number of aliphatic hydroxyl groups is 2. The fourth-order valence-electron chi connectivity index (χ4n) is 11.7. The Kier molecular flexibility index (Phi) is 38.3. The van der Waals surface area contributed by atoms with Crippen LogP contribution in [0.4, 0.5) is 0 Å². The second-order valence-corrected chi connectivity index (χ2v) is 22.7. The number of hydrogen-bond donors (Lipinski definition) is 2. The molecule has 0 amide bonds. The van der Waals surface area contributed by atoms with Crippen molar-refractivity contribution in [2.24, 2.45) is 22.7 Å². The van der Waals surface area contributed by atoms with Gasteiger partial charge in [0.05, 0.1) is 13.2 Å². The molecule has 0 radical (unpaired) electrons. The lowest BCUT2D eigenvalue weighted by molar-refractivity contribution is 0.116. The zero-order valence-electron chi connectivity index (χ0n) is 46.1. The van der Waals surface area contributed by atoms with Gasteiger partial charge in [0.2, 0.25) is 0 Å². The molecule has 400 valence electrons. The van der Waals surface area contributed by atoms with Crippen molar-refractivity contribution in [3.63, 3.8) is 0 Å². The summed E-state index contributed by atoms with van der Waals surface area (Å²) in [4.78, 5) is 0. The average Bonchev–Trinajstić information content (AvgIpc) is 3.95. The van der Waals surface area contributed by atoms with E-state index in [2.05, 4.69) is 98.8 Å². The zero-order valence-corrected chi connectivity index (χ0v) is 46.1. The molecule has 0 aliphatic heterocycles. The second-order valence-electron chi connectivity index (χ2n) is 22.7. The summed E-state index contributed by atoms with van der Waals surface area (Å²) >= 11 is 0. The van der Waals surface area contributed by atoms with Crippen LogP contribution in [0.3, 0.4) is 0 Å². The summed E-state index contributed by atoms with van der Waals surface area (Å²) in [6.07, 6.45) is 61.0. The van der Waals surface area contributed by atoms with Gasteiger partial charge in [-0.05, 0) is 125 Å². The first kappa shape index (κ1) is 62.1. The van der Waals surface area contributed by atoms with Gasteiger partial charge in [-0.3, -0.25) is 0 Å². The van der Waals surface area contributed by atoms with Crippen LogP contribution in [0.1, 0.15) is 269 Å². The van der Waals surface area contributed by atoms with Crippen LogP contribution in [0.2, 0.25) is 0 Å². The van der Waals surface area contributed by atoms with Crippen molar-refractivity contribution in [3.05, 3.63) is 96.1 Å². The van der Waals surface area contributed by atoms with E-state index in [1.807, 2.05) is 0 Å². The van der Waals surface area contributed by atoms with Crippen molar-refractivity contribution in [1.29, 1.82) is 0 Å². The summed E-state index contributed by atoms with van der Waals surface area (Å²) in [5.74, 6) is 1.81. The van der Waals surface area contributed by atoms with E-state index < -0.39 is 0 Å². The fraction of sp³-hybridized carbons (Fsp3) is 0.758. The number of allylic oxidation sites excluding steroid dienone is 4. The van der Waals surface area contributed by atoms with E-state index in [1.54, 1.807) is 0 Å². The van der Waals surface area contributed by atoms with Crippen molar-refractivity contribution in [2.45, 2.75) is 271 Å². The number of rotatable bonds is 44. The fourth-order valence-corrected chi connectivity index (χ4v) is 11.7. The average molecular weight is 970 g/mol. The molecule has 2 aliphatic rings. The predicted molar refractivity (Wildman–Crippen MR) is 303 cm³/mol. The Labute approximate surface area is 434 Å². The van der Waals surface area contributed by atoms with E-state index >= 15 is 0 Å². The molecule has 2 aromatic carbocycles. The van der Waals surface area contributed by atoms with E-state index in [-0.39, 0.29) is 0 Å². The van der Waals surface area contributed by atoms with Crippen LogP contribution in [-0.4, -0.2) is 36.6 Å². The van der Waals surface area contributed by atoms with Gasteiger partial charge in [-0.15, -0.1) is 0 Å². The largest absolute Gasteiger partial charge is 0.396 e. The van der Waals surface area contributed by atoms with E-state index in [0.717, 1.165) is 51.1 Å². The Hall–Kier alpha value is -2.24. The monoisotopic (exact) mass is 969 g/mol. The highest BCUT2D eigenvalue weighted by atomic mass is 16.5. The van der Waals surface area contributed by atoms with Crippen LogP contribution in [0.5, 0.6) is 0 Å². The molecular weight excluding hydrogens is 857 g/mol. The highest BCUT2D eigenvalue weighted by molar-refractivity contribution is 5.15. The third kappa shape index (κ3) is 32.8. The molecule has 0 spiro atoms. The Bertz CT molecular complexity index is 1380. The summed E-state index contributed by atoms with van der Waals surface area (Å²) in [7, 11) is 0. The summed E-state index contributed by atoms with van der Waals surface area (Å²) < 4.78 is 11.6. The van der Waals surface area contributed by atoms with Gasteiger partial charge in [-0.2, -0.15) is 0 Å². The zero-order chi connectivity index (χ0) is 49.7. The lowest BCUT2D eigenvalue weighted by Gasteiger charge is -2.30. The molecule has 2 aliphatic carbocycles. The Morgan fingerprint density at radius 3 is 1.16 bits per heavy atom. The van der Waals surface area contributed by atoms with Gasteiger partial charge < -0.3 is 19.7 Å². The van der Waals surface area contributed by atoms with Gasteiger partial charge in [-0.25, -0.2) is 0 Å². The van der Waals surface area contributed by atoms with Crippen molar-refractivity contribution in [2.75, 3.05) is 26.4 Å². The third-order valence-electron chi connectivity index (χ3n) is 16.0. The molecule has 4 nitrogen and oxygen atoms in total. The van der Waals surface area contributed by atoms with Crippen LogP contribution in [0.15, 0.2) is 85.0 Å². The van der Waals surface area contributed by atoms with Crippen molar-refractivity contribution >= 4 is 0 Å². The Balaban J connectivity index is 0.000000403. The normalized spacial score (nSPS) is 17.5. The SMILES string of the molecule is CC1CCC(/C=C\CCCCCCCCOCc2ccccc2)(/C=C\CCCCCCCCOCc2ccccc2)C1.CC1CCC(CCCCCCCCCCO)(CCCCCCCCCCO)C1. The molecule has 4 rings (SSSR count). The quantitative estimate of drug-likeness (QED) is 0.0513. The summed E-state index contributed by atoms with van der Waals surface area (Å²) in [5, 5.41) is 17.6. The van der Waals surface area contributed by atoms with Crippen LogP contribution < -0.4 is 0 Å². The minimum Gasteiger partial charge on any atom is -0.396 e. The number of ether oxygens (including phenoxy) is 2. The maximum Gasteiger partial charge on any atom is 0.0716 e. The van der Waals surface area contributed by atoms with Gasteiger partial charge in [-0.1, -0.05) is 246 Å². The number of benzene rings is 2. The summed E-state index contributed by atoms with van der Waals surface area (Å²) in [6.45, 7) is 8.90. The number of aliphatic hydroxyl groups excluding tert-OH is 2. The van der Waals surface area contributed by atoms with Crippen molar-refractivity contribution in [3.8, 4) is 0 Å². The first-order valence-electron chi connectivity index (χ1n) is 30.3. The highest BCUT2D eigenvalue weighted by Gasteiger charge is 2.36. The van der Waals surface area contributed by atoms with Crippen LogP contribution >= 0.6 is 0 Å². The maximum atomic E-state index is 8.82. The van der Waals surface area contributed by atoms with Crippen LogP contribution in [0.25, 0.3) is 0 Å². The summed E-state index contributed by atoms with van der Waals surface area (Å²) in [6, 6.07) is 21.0. The maximum absolute atomic E-state index is 8.82. The molecule has 0 heterocycles. The molecular formula is C66H112O4. The van der Waals surface area contributed by atoms with Crippen molar-refractivity contribution < 1.29 is 19.7 Å². The summed E-state index contributed by atoms with van der Waals surface area (Å²) in [5.41, 5.74) is 3.57. The van der Waals surface area contributed by atoms with E-state index in [4.69, 9.17) is 19.7 Å². The minimum atomic E-state index is 0.332. The molecule has 2 aromatic rings. The predicted octanol–water partition coefficient (Wildman–Crippen LogP) is 19.6. The molecule has 2 fully saturated rings. The van der Waals surface area contributed by atoms with E-state index in [1.165, 1.54) is 242 Å². The van der Waals surface area contributed by atoms with E-state index in [9.17, 15) is 0 Å². The smallest absolute Gasteiger partial charge is 0.0716 e. The molecule has 70 heavy (non-hydrogen) atoms. The standard InChI is InChI=1S/C40H60O2.C26H52O2/c1-37-28-31-40(34-37,29-20-10-6-2-4-8-12-22-32-41-35-38-24-16-14-17-25-38)30-21-11-7-3-5-9-13-23-33-42-36-39-26-18-15-19-27-39;1-25-18-21-26(24-25,19-14-10-6-2-4-8-12-16-22-27)20-15-11-7-3-5-9-13-17-23-28/h14-21,24-27,29-30,37H,2-13,22-23,28,31-36H2,1H3;25,27-28H,2-24H2,1H3/b29-20-,30-21-;. The molecule has 4 heteroatoms. The van der Waals surface area contributed by atoms with Crippen molar-refractivity contribution in [1.82, 2.24) is 0 Å². The lowest BCUT2D eigenvalue weighted by atomic mass is 9.76. The highest BCUT2D eigenvalue weighted by Crippen LogP contribution is 2.49. The second kappa shape index (κ2) is 43.2. The molecule has 2 atom stereocenters. The van der Waals surface area contributed by atoms with Gasteiger partial charge in [0.1, 0.15) is 0 Å². The first-order chi connectivity index (χ1) is 34.5. The third-order valence-corrected chi connectivity index (χ3v) is 16.0. The molecule has 0 saturated heterocycles. The topological polar surface area (TPSA) is 58.9 Å². The van der Waals surface area contributed by atoms with Gasteiger partial charge in [0.25, 0.3) is 0 Å². The Morgan fingerprint density at radius 2 is 0.786 bits per heavy atom. The Morgan fingerprint density at radius 1 is 0.429 bits per heavy atom. The minimum absolute atomic E-state index is 0.332. The lowest BCUT2D eigenvalue weighted by Crippen LogP contribution is -2.17. The van der Waals surface area contributed by atoms with Gasteiger partial charge >= 0.3 is 0 Å². The number of unbranched alkanes of at least 4 members (excludes halogenated alkanes) is 26.